The maximum atomic E-state index is 8.71. The smallest absolute Gasteiger partial charge is 0.113 e. The van der Waals surface area contributed by atoms with Crippen molar-refractivity contribution in [3.8, 4) is 0 Å². The fraction of sp³-hybridized carbons (Fsp3) is 1.00. The Morgan fingerprint density at radius 2 is 2.00 bits per heavy atom. The van der Waals surface area contributed by atoms with Crippen molar-refractivity contribution in [2.24, 2.45) is 0 Å². The van der Waals surface area contributed by atoms with Gasteiger partial charge in [0.05, 0.1) is 0 Å². The molecule has 0 aromatic heterocycles. The van der Waals surface area contributed by atoms with Crippen molar-refractivity contribution < 1.29 is 9.63 Å². The predicted octanol–water partition coefficient (Wildman–Crippen LogP) is 0.318. The van der Waals surface area contributed by atoms with Gasteiger partial charge in [0.2, 0.25) is 0 Å². The first-order valence-electron chi connectivity index (χ1n) is 1.59. The summed E-state index contributed by atoms with van der Waals surface area (Å²) in [5.74, 6) is 0. The lowest BCUT2D eigenvalue weighted by Gasteiger charge is -2.23. The van der Waals surface area contributed by atoms with Crippen molar-refractivity contribution >= 4 is 18.1 Å². The summed E-state index contributed by atoms with van der Waals surface area (Å²) in [6.45, 7) is 0. The van der Waals surface area contributed by atoms with Crippen LogP contribution in [0.25, 0.3) is 0 Å². The van der Waals surface area contributed by atoms with Crippen molar-refractivity contribution in [1.82, 2.24) is 0 Å². The maximum Gasteiger partial charge on any atom is 0.113 e. The molecular formula is C2H5O2PS. The van der Waals surface area contributed by atoms with E-state index in [0.717, 1.165) is 0 Å². The first-order valence-corrected chi connectivity index (χ1v) is 4.72. The summed E-state index contributed by atoms with van der Waals surface area (Å²) in [5.41, 5.74) is 0. The lowest BCUT2D eigenvalue weighted by atomic mass is 11.5. The van der Waals surface area contributed by atoms with E-state index in [4.69, 9.17) is 4.89 Å². The normalized spacial score (nSPS) is 28.8. The Morgan fingerprint density at radius 3 is 2.00 bits per heavy atom. The quantitative estimate of drug-likeness (QED) is 0.471. The third-order valence-corrected chi connectivity index (χ3v) is 2.39. The Labute approximate surface area is 41.2 Å². The average molecular weight is 124 g/mol. The highest BCUT2D eigenvalue weighted by molar-refractivity contribution is 8.12. The molecule has 1 saturated heterocycles. The van der Waals surface area contributed by atoms with Crippen LogP contribution in [0.2, 0.25) is 0 Å². The van der Waals surface area contributed by atoms with Crippen molar-refractivity contribution in [2.45, 2.75) is 0 Å². The molecule has 1 rings (SSSR count). The van der Waals surface area contributed by atoms with E-state index in [2.05, 4.69) is 16.5 Å². The Morgan fingerprint density at radius 1 is 1.67 bits per heavy atom. The summed E-state index contributed by atoms with van der Waals surface area (Å²) in [5, 5.41) is 0. The van der Waals surface area contributed by atoms with Crippen LogP contribution >= 0.6 is 6.26 Å². The van der Waals surface area contributed by atoms with Crippen LogP contribution in [0.1, 0.15) is 0 Å². The van der Waals surface area contributed by atoms with Gasteiger partial charge in [-0.15, -0.1) is 0 Å². The predicted molar refractivity (Wildman–Crippen MR) is 27.3 cm³/mol. The Balaban J connectivity index is 2.53. The molecule has 6 heavy (non-hydrogen) atoms. The van der Waals surface area contributed by atoms with Crippen LogP contribution in [0.15, 0.2) is 0 Å². The highest BCUT2D eigenvalue weighted by atomic mass is 32.4. The highest BCUT2D eigenvalue weighted by Crippen LogP contribution is 2.48. The van der Waals surface area contributed by atoms with Gasteiger partial charge in [0.1, 0.15) is 19.0 Å². The number of ether oxygens (including phenoxy) is 1. The molecule has 0 amide bonds. The molecule has 1 aliphatic rings. The van der Waals surface area contributed by atoms with Gasteiger partial charge in [0.15, 0.2) is 0 Å². The second kappa shape index (κ2) is 1.27. The molecule has 0 bridgehead atoms. The molecule has 0 spiro atoms. The fourth-order valence-electron chi connectivity index (χ4n) is 0.247. The molecule has 0 saturated carbocycles. The molecule has 0 aromatic rings. The topological polar surface area (TPSA) is 29.5 Å². The molecule has 0 aromatic carbocycles. The molecule has 1 aliphatic heterocycles. The summed E-state index contributed by atoms with van der Waals surface area (Å²) >= 11 is 4.61. The summed E-state index contributed by atoms with van der Waals surface area (Å²) in [7, 11) is 0. The molecule has 0 atom stereocenters. The largest absolute Gasteiger partial charge is 0.366 e. The van der Waals surface area contributed by atoms with E-state index >= 15 is 0 Å². The van der Waals surface area contributed by atoms with E-state index in [1.165, 1.54) is 0 Å². The zero-order valence-electron chi connectivity index (χ0n) is 3.13. The van der Waals surface area contributed by atoms with Crippen molar-refractivity contribution in [1.29, 1.82) is 0 Å². The van der Waals surface area contributed by atoms with Crippen LogP contribution in [0.3, 0.4) is 0 Å². The zero-order valence-corrected chi connectivity index (χ0v) is 4.84. The van der Waals surface area contributed by atoms with Gasteiger partial charge in [0.25, 0.3) is 0 Å². The third-order valence-electron chi connectivity index (χ3n) is 0.586. The lowest BCUT2D eigenvalue weighted by Crippen LogP contribution is -2.10. The lowest BCUT2D eigenvalue weighted by molar-refractivity contribution is 0.173. The molecule has 1 N–H and O–H groups in total. The maximum absolute atomic E-state index is 8.71. The van der Waals surface area contributed by atoms with Gasteiger partial charge < -0.3 is 9.63 Å². The van der Waals surface area contributed by atoms with Crippen LogP contribution in [0, 0.1) is 0 Å². The van der Waals surface area contributed by atoms with E-state index in [1.54, 1.807) is 0 Å². The van der Waals surface area contributed by atoms with Gasteiger partial charge in [-0.1, -0.05) is 11.8 Å². The van der Waals surface area contributed by atoms with Crippen LogP contribution < -0.4 is 0 Å². The van der Waals surface area contributed by atoms with Crippen LogP contribution in [-0.2, 0) is 16.5 Å². The summed E-state index contributed by atoms with van der Waals surface area (Å²) in [6, 6.07) is 0. The molecule has 0 aliphatic carbocycles. The molecule has 36 valence electrons. The second-order valence-corrected chi connectivity index (χ2v) is 5.56. The molecule has 0 unspecified atom stereocenters. The van der Waals surface area contributed by atoms with Gasteiger partial charge in [-0.05, 0) is 0 Å². The van der Waals surface area contributed by atoms with E-state index in [0.29, 0.717) is 12.7 Å². The van der Waals surface area contributed by atoms with E-state index in [9.17, 15) is 0 Å². The van der Waals surface area contributed by atoms with Crippen molar-refractivity contribution in [3.63, 3.8) is 0 Å². The third kappa shape index (κ3) is 0.793. The summed E-state index contributed by atoms with van der Waals surface area (Å²) < 4.78 is 4.63. The van der Waals surface area contributed by atoms with E-state index in [1.807, 2.05) is 0 Å². The van der Waals surface area contributed by atoms with Gasteiger partial charge in [-0.3, -0.25) is 0 Å². The SMILES string of the molecule is OP1(=S)COC1. The first-order chi connectivity index (χ1) is 2.71. The molecule has 4 heteroatoms. The van der Waals surface area contributed by atoms with Crippen molar-refractivity contribution in [2.75, 3.05) is 12.7 Å². The minimum absolute atomic E-state index is 0.433. The van der Waals surface area contributed by atoms with Gasteiger partial charge >= 0.3 is 0 Å². The van der Waals surface area contributed by atoms with E-state index < -0.39 is 6.26 Å². The monoisotopic (exact) mass is 124 g/mol. The van der Waals surface area contributed by atoms with Crippen LogP contribution in [0.4, 0.5) is 0 Å². The Hall–Kier alpha value is 0.570. The standard InChI is InChI=1S/C2H5O2PS/c3-5(6)1-4-2-5/h1-2H2,(H,3,6). The van der Waals surface area contributed by atoms with Gasteiger partial charge in [0, 0.05) is 0 Å². The fourth-order valence-corrected chi connectivity index (χ4v) is 1.19. The Bertz CT molecular complexity index is 93.7. The average Bonchev–Trinajstić information content (AvgIpc) is 1.32. The summed E-state index contributed by atoms with van der Waals surface area (Å²) in [6.07, 6.45) is -0.989. The van der Waals surface area contributed by atoms with Gasteiger partial charge in [-0.25, -0.2) is 0 Å². The van der Waals surface area contributed by atoms with Gasteiger partial charge in [-0.2, -0.15) is 0 Å². The number of hydrogen-bond acceptors (Lipinski definition) is 2. The minimum atomic E-state index is -1.85. The molecular weight excluding hydrogens is 119 g/mol. The molecule has 1 heterocycles. The van der Waals surface area contributed by atoms with Crippen LogP contribution in [-0.4, -0.2) is 17.6 Å². The van der Waals surface area contributed by atoms with Crippen molar-refractivity contribution in [3.05, 3.63) is 0 Å². The number of rotatable bonds is 0. The second-order valence-electron chi connectivity index (χ2n) is 1.31. The van der Waals surface area contributed by atoms with Crippen LogP contribution in [0.5, 0.6) is 0 Å². The first kappa shape index (κ1) is 4.72. The van der Waals surface area contributed by atoms with E-state index in [-0.39, 0.29) is 0 Å². The summed E-state index contributed by atoms with van der Waals surface area (Å²) in [4.78, 5) is 8.71. The molecule has 1 fully saturated rings. The minimum Gasteiger partial charge on any atom is -0.366 e. The molecule has 0 radical (unpaired) electrons. The Kier molecular flexibility index (Phi) is 1.000. The molecule has 2 nitrogen and oxygen atoms in total. The highest BCUT2D eigenvalue weighted by Gasteiger charge is 2.22. The zero-order chi connectivity index (χ0) is 4.62. The number of hydrogen-bond donors (Lipinski definition) is 1.